The van der Waals surface area contributed by atoms with E-state index in [1.54, 1.807) is 13.8 Å². The molecule has 3 heterocycles. The molecule has 1 aliphatic carbocycles. The standard InChI is InChI=1S/C21H27N3O5/c1-3-28-21(27)17-13(2)29-19-18(17)20(26)23(12-22-19)11-16(25)24-10-6-8-14-7-4-5-9-15(14)24/h12,14-15H,3-11H2,1-2H3/t14-,15+/m1/s1. The van der Waals surface area contributed by atoms with Gasteiger partial charge < -0.3 is 14.1 Å². The molecule has 2 aromatic heterocycles. The Morgan fingerprint density at radius 2 is 2.00 bits per heavy atom. The maximum atomic E-state index is 13.1. The first-order valence-electron chi connectivity index (χ1n) is 10.5. The fourth-order valence-corrected chi connectivity index (χ4v) is 4.87. The largest absolute Gasteiger partial charge is 0.462 e. The Balaban J connectivity index is 1.63. The average Bonchev–Trinajstić information content (AvgIpc) is 3.06. The lowest BCUT2D eigenvalue weighted by Gasteiger charge is -2.44. The summed E-state index contributed by atoms with van der Waals surface area (Å²) in [5, 5.41) is 0.0745. The van der Waals surface area contributed by atoms with Crippen molar-refractivity contribution in [2.24, 2.45) is 5.92 Å². The van der Waals surface area contributed by atoms with Gasteiger partial charge in [0.2, 0.25) is 11.6 Å². The molecular formula is C21H27N3O5. The lowest BCUT2D eigenvalue weighted by Crippen LogP contribution is -2.51. The number of aromatic nitrogens is 2. The lowest BCUT2D eigenvalue weighted by molar-refractivity contribution is -0.138. The van der Waals surface area contributed by atoms with Crippen molar-refractivity contribution in [2.45, 2.75) is 65.0 Å². The molecule has 4 rings (SSSR count). The number of rotatable bonds is 4. The third-order valence-electron chi connectivity index (χ3n) is 6.20. The molecule has 1 saturated heterocycles. The predicted molar refractivity (Wildman–Crippen MR) is 106 cm³/mol. The van der Waals surface area contributed by atoms with E-state index < -0.39 is 11.5 Å². The number of fused-ring (bicyclic) bond motifs is 2. The van der Waals surface area contributed by atoms with E-state index >= 15 is 0 Å². The number of carbonyl (C=O) groups excluding carboxylic acids is 2. The molecule has 2 atom stereocenters. The normalized spacial score (nSPS) is 21.8. The highest BCUT2D eigenvalue weighted by atomic mass is 16.5. The zero-order valence-corrected chi connectivity index (χ0v) is 17.0. The van der Waals surface area contributed by atoms with Crippen LogP contribution in [-0.4, -0.2) is 45.5 Å². The highest BCUT2D eigenvalue weighted by Crippen LogP contribution is 2.35. The fraction of sp³-hybridized carbons (Fsp3) is 0.619. The Morgan fingerprint density at radius 3 is 2.79 bits per heavy atom. The minimum absolute atomic E-state index is 0.0669. The van der Waals surface area contributed by atoms with Crippen LogP contribution in [0.25, 0.3) is 11.1 Å². The summed E-state index contributed by atoms with van der Waals surface area (Å²) in [4.78, 5) is 44.5. The molecule has 0 spiro atoms. The zero-order valence-electron chi connectivity index (χ0n) is 17.0. The summed E-state index contributed by atoms with van der Waals surface area (Å²) in [5.41, 5.74) is -0.281. The van der Waals surface area contributed by atoms with Gasteiger partial charge in [0.25, 0.3) is 5.56 Å². The van der Waals surface area contributed by atoms with Gasteiger partial charge in [-0.15, -0.1) is 0 Å². The predicted octanol–water partition coefficient (Wildman–Crippen LogP) is 2.66. The van der Waals surface area contributed by atoms with Gasteiger partial charge in [0.05, 0.1) is 6.61 Å². The van der Waals surface area contributed by atoms with Crippen molar-refractivity contribution in [3.05, 3.63) is 28.0 Å². The number of amides is 1. The molecule has 0 aromatic carbocycles. The van der Waals surface area contributed by atoms with Crippen molar-refractivity contribution in [1.29, 1.82) is 0 Å². The second-order valence-electron chi connectivity index (χ2n) is 7.95. The van der Waals surface area contributed by atoms with Gasteiger partial charge in [0.1, 0.15) is 29.6 Å². The van der Waals surface area contributed by atoms with Crippen LogP contribution in [0.3, 0.4) is 0 Å². The Morgan fingerprint density at radius 1 is 1.24 bits per heavy atom. The van der Waals surface area contributed by atoms with E-state index in [0.29, 0.717) is 5.92 Å². The minimum atomic E-state index is -0.618. The van der Waals surface area contributed by atoms with Crippen molar-refractivity contribution in [2.75, 3.05) is 13.2 Å². The van der Waals surface area contributed by atoms with Crippen LogP contribution in [0.4, 0.5) is 0 Å². The van der Waals surface area contributed by atoms with E-state index in [2.05, 4.69) is 4.98 Å². The molecule has 0 N–H and O–H groups in total. The molecule has 0 radical (unpaired) electrons. The molecule has 2 aliphatic rings. The maximum absolute atomic E-state index is 13.1. The van der Waals surface area contributed by atoms with Gasteiger partial charge in [0, 0.05) is 12.6 Å². The highest BCUT2D eigenvalue weighted by Gasteiger charge is 2.35. The summed E-state index contributed by atoms with van der Waals surface area (Å²) in [6.07, 6.45) is 8.11. The Labute approximate surface area is 168 Å². The average molecular weight is 401 g/mol. The van der Waals surface area contributed by atoms with Crippen LogP contribution in [0.2, 0.25) is 0 Å². The number of piperidine rings is 1. The van der Waals surface area contributed by atoms with Gasteiger partial charge >= 0.3 is 5.97 Å². The summed E-state index contributed by atoms with van der Waals surface area (Å²) in [7, 11) is 0. The fourth-order valence-electron chi connectivity index (χ4n) is 4.87. The molecule has 1 saturated carbocycles. The van der Waals surface area contributed by atoms with Crippen LogP contribution < -0.4 is 5.56 Å². The van der Waals surface area contributed by atoms with Gasteiger partial charge in [0.15, 0.2) is 0 Å². The van der Waals surface area contributed by atoms with E-state index in [0.717, 1.165) is 25.8 Å². The quantitative estimate of drug-likeness (QED) is 0.731. The summed E-state index contributed by atoms with van der Waals surface area (Å²) >= 11 is 0. The second kappa shape index (κ2) is 8.00. The smallest absolute Gasteiger partial charge is 0.342 e. The molecule has 156 valence electrons. The Hall–Kier alpha value is -2.64. The van der Waals surface area contributed by atoms with Gasteiger partial charge in [-0.2, -0.15) is 0 Å². The third kappa shape index (κ3) is 3.56. The van der Waals surface area contributed by atoms with Gasteiger partial charge in [-0.1, -0.05) is 12.8 Å². The van der Waals surface area contributed by atoms with Crippen LogP contribution in [0.1, 0.15) is 61.6 Å². The SMILES string of the molecule is CCOC(=O)c1c(C)oc2ncn(CC(=O)N3CCC[C@H]4CCCC[C@@H]43)c(=O)c12. The maximum Gasteiger partial charge on any atom is 0.342 e. The molecule has 1 amide bonds. The molecule has 1 aliphatic heterocycles. The summed E-state index contributed by atoms with van der Waals surface area (Å²) in [6, 6.07) is 0.281. The number of aryl methyl sites for hydroxylation is 1. The van der Waals surface area contributed by atoms with Crippen LogP contribution in [0, 0.1) is 12.8 Å². The number of esters is 1. The summed E-state index contributed by atoms with van der Waals surface area (Å²) in [6.45, 7) is 4.14. The first-order valence-corrected chi connectivity index (χ1v) is 10.5. The number of carbonyl (C=O) groups is 2. The molecule has 2 fully saturated rings. The first-order chi connectivity index (χ1) is 14.0. The molecule has 8 heteroatoms. The van der Waals surface area contributed by atoms with Crippen LogP contribution in [0.5, 0.6) is 0 Å². The van der Waals surface area contributed by atoms with Gasteiger partial charge in [-0.25, -0.2) is 9.78 Å². The van der Waals surface area contributed by atoms with Crippen molar-refractivity contribution in [3.63, 3.8) is 0 Å². The zero-order chi connectivity index (χ0) is 20.5. The third-order valence-corrected chi connectivity index (χ3v) is 6.20. The van der Waals surface area contributed by atoms with Crippen LogP contribution >= 0.6 is 0 Å². The number of hydrogen-bond acceptors (Lipinski definition) is 6. The van der Waals surface area contributed by atoms with Crippen LogP contribution in [0.15, 0.2) is 15.5 Å². The van der Waals surface area contributed by atoms with Crippen molar-refractivity contribution in [3.8, 4) is 0 Å². The molecule has 2 aromatic rings. The second-order valence-corrected chi connectivity index (χ2v) is 7.95. The van der Waals surface area contributed by atoms with Crippen molar-refractivity contribution in [1.82, 2.24) is 14.5 Å². The number of nitrogens with zero attached hydrogens (tertiary/aromatic N) is 3. The number of furan rings is 1. The number of ether oxygens (including phenoxy) is 1. The summed E-state index contributed by atoms with van der Waals surface area (Å²) < 4.78 is 11.8. The molecule has 29 heavy (non-hydrogen) atoms. The van der Waals surface area contributed by atoms with E-state index in [1.165, 1.54) is 30.2 Å². The van der Waals surface area contributed by atoms with E-state index in [9.17, 15) is 14.4 Å². The molecule has 0 unspecified atom stereocenters. The number of hydrogen-bond donors (Lipinski definition) is 0. The number of likely N-dealkylation sites (tertiary alicyclic amines) is 1. The van der Waals surface area contributed by atoms with E-state index in [1.807, 2.05) is 4.90 Å². The van der Waals surface area contributed by atoms with Crippen LogP contribution in [-0.2, 0) is 16.1 Å². The lowest BCUT2D eigenvalue weighted by atomic mass is 9.78. The first kappa shape index (κ1) is 19.7. The monoisotopic (exact) mass is 401 g/mol. The minimum Gasteiger partial charge on any atom is -0.462 e. The van der Waals surface area contributed by atoms with Crippen molar-refractivity contribution < 1.29 is 18.7 Å². The molecule has 8 nitrogen and oxygen atoms in total. The van der Waals surface area contributed by atoms with E-state index in [4.69, 9.17) is 9.15 Å². The summed E-state index contributed by atoms with van der Waals surface area (Å²) in [5.74, 6) is 0.175. The van der Waals surface area contributed by atoms with E-state index in [-0.39, 0.29) is 47.5 Å². The van der Waals surface area contributed by atoms with Gasteiger partial charge in [-0.05, 0) is 45.4 Å². The van der Waals surface area contributed by atoms with Gasteiger partial charge in [-0.3, -0.25) is 14.2 Å². The molecular weight excluding hydrogens is 374 g/mol. The Bertz CT molecular complexity index is 990. The molecule has 0 bridgehead atoms. The highest BCUT2D eigenvalue weighted by molar-refractivity contribution is 6.03. The Kier molecular flexibility index (Phi) is 5.43. The topological polar surface area (TPSA) is 94.6 Å². The van der Waals surface area contributed by atoms with Crippen molar-refractivity contribution >= 4 is 23.0 Å².